The summed E-state index contributed by atoms with van der Waals surface area (Å²) >= 11 is 0. The van der Waals surface area contributed by atoms with Crippen LogP contribution in [0.1, 0.15) is 13.3 Å². The molecule has 0 aromatic rings. The van der Waals surface area contributed by atoms with Crippen LogP contribution in [0.2, 0.25) is 0 Å². The van der Waals surface area contributed by atoms with Crippen molar-refractivity contribution in [3.05, 3.63) is 0 Å². The topological polar surface area (TPSA) is 69.4 Å². The van der Waals surface area contributed by atoms with E-state index >= 15 is 0 Å². The maximum absolute atomic E-state index is 10.6. The zero-order valence-electron chi connectivity index (χ0n) is 6.09. The molecule has 0 rings (SSSR count). The third-order valence-corrected chi connectivity index (χ3v) is 1.11. The number of methoxy groups -OCH3 is 1. The van der Waals surface area contributed by atoms with E-state index in [0.29, 0.717) is 0 Å². The lowest BCUT2D eigenvalue weighted by atomic mass is 10.1. The molecule has 2 N–H and O–H groups in total. The van der Waals surface area contributed by atoms with E-state index in [0.717, 1.165) is 0 Å². The van der Waals surface area contributed by atoms with E-state index in [9.17, 15) is 9.59 Å². The first-order valence-electron chi connectivity index (χ1n) is 2.94. The minimum Gasteiger partial charge on any atom is -0.469 e. The van der Waals surface area contributed by atoms with Crippen LogP contribution >= 0.6 is 0 Å². The highest BCUT2D eigenvalue weighted by molar-refractivity contribution is 5.81. The first kappa shape index (κ1) is 8.94. The molecule has 4 heteroatoms. The molecule has 0 radical (unpaired) electrons. The smallest absolute Gasteiger partial charge is 0.308 e. The van der Waals surface area contributed by atoms with Crippen LogP contribution in [-0.4, -0.2) is 19.0 Å². The molecule has 1 amide bonds. The highest BCUT2D eigenvalue weighted by Crippen LogP contribution is 2.01. The molecule has 58 valence electrons. The van der Waals surface area contributed by atoms with Crippen LogP contribution in [0.4, 0.5) is 0 Å². The molecule has 0 fully saturated rings. The molecule has 10 heavy (non-hydrogen) atoms. The number of carbonyl (C=O) groups excluding carboxylic acids is 2. The molecule has 0 heterocycles. The first-order valence-corrected chi connectivity index (χ1v) is 2.94. The molecule has 0 saturated carbocycles. The van der Waals surface area contributed by atoms with Crippen molar-refractivity contribution in [2.75, 3.05) is 7.11 Å². The number of amides is 1. The Bertz CT molecular complexity index is 144. The molecule has 4 nitrogen and oxygen atoms in total. The molecule has 1 atom stereocenters. The van der Waals surface area contributed by atoms with Gasteiger partial charge in [-0.3, -0.25) is 9.59 Å². The molecule has 0 saturated heterocycles. The maximum Gasteiger partial charge on any atom is 0.308 e. The minimum atomic E-state index is -0.488. The zero-order valence-corrected chi connectivity index (χ0v) is 6.09. The van der Waals surface area contributed by atoms with Gasteiger partial charge in [0.1, 0.15) is 0 Å². The van der Waals surface area contributed by atoms with Crippen LogP contribution in [0.5, 0.6) is 0 Å². The molecule has 0 spiro atoms. The quantitative estimate of drug-likeness (QED) is 0.553. The third kappa shape index (κ3) is 3.06. The van der Waals surface area contributed by atoms with Crippen molar-refractivity contribution in [3.8, 4) is 0 Å². The van der Waals surface area contributed by atoms with E-state index in [4.69, 9.17) is 5.73 Å². The second kappa shape index (κ2) is 3.87. The minimum absolute atomic E-state index is 0.0483. The molecule has 0 aromatic carbocycles. The number of carbonyl (C=O) groups is 2. The summed E-state index contributed by atoms with van der Waals surface area (Å²) in [6, 6.07) is 0. The Morgan fingerprint density at radius 2 is 2.10 bits per heavy atom. The molecule has 0 aliphatic carbocycles. The molecule has 0 aromatic heterocycles. The Hall–Kier alpha value is -1.06. The van der Waals surface area contributed by atoms with Crippen molar-refractivity contribution in [1.82, 2.24) is 0 Å². The van der Waals surface area contributed by atoms with Crippen LogP contribution in [-0.2, 0) is 14.3 Å². The summed E-state index contributed by atoms with van der Waals surface area (Å²) in [4.78, 5) is 20.9. The van der Waals surface area contributed by atoms with Crippen molar-refractivity contribution >= 4 is 11.9 Å². The van der Waals surface area contributed by atoms with E-state index in [1.165, 1.54) is 7.11 Å². The van der Waals surface area contributed by atoms with E-state index in [2.05, 4.69) is 4.74 Å². The van der Waals surface area contributed by atoms with Crippen molar-refractivity contribution in [2.45, 2.75) is 13.3 Å². The normalized spacial score (nSPS) is 12.2. The highest BCUT2D eigenvalue weighted by Gasteiger charge is 2.14. The Kier molecular flexibility index (Phi) is 3.46. The SMILES string of the molecule is COC(=O)[C@H](C)CC(N)=O. The van der Waals surface area contributed by atoms with Gasteiger partial charge in [-0.25, -0.2) is 0 Å². The van der Waals surface area contributed by atoms with E-state index in [-0.39, 0.29) is 6.42 Å². The average Bonchev–Trinajstić information content (AvgIpc) is 1.85. The van der Waals surface area contributed by atoms with Crippen LogP contribution in [0, 0.1) is 5.92 Å². The summed E-state index contributed by atoms with van der Waals surface area (Å²) in [5.41, 5.74) is 4.84. The number of primary amides is 1. The van der Waals surface area contributed by atoms with Crippen LogP contribution in [0.3, 0.4) is 0 Å². The van der Waals surface area contributed by atoms with Gasteiger partial charge >= 0.3 is 5.97 Å². The largest absolute Gasteiger partial charge is 0.469 e. The van der Waals surface area contributed by atoms with Gasteiger partial charge in [-0.05, 0) is 0 Å². The highest BCUT2D eigenvalue weighted by atomic mass is 16.5. The van der Waals surface area contributed by atoms with Gasteiger partial charge < -0.3 is 10.5 Å². The summed E-state index contributed by atoms with van der Waals surface area (Å²) in [7, 11) is 1.28. The van der Waals surface area contributed by atoms with Gasteiger partial charge in [0.2, 0.25) is 5.91 Å². The Labute approximate surface area is 59.3 Å². The second-order valence-electron chi connectivity index (χ2n) is 2.09. The van der Waals surface area contributed by atoms with Crippen LogP contribution in [0.25, 0.3) is 0 Å². The van der Waals surface area contributed by atoms with Crippen LogP contribution < -0.4 is 5.73 Å². The van der Waals surface area contributed by atoms with Gasteiger partial charge in [0.05, 0.1) is 13.0 Å². The predicted molar refractivity (Wildman–Crippen MR) is 35.0 cm³/mol. The number of hydrogen-bond donors (Lipinski definition) is 1. The Morgan fingerprint density at radius 1 is 1.60 bits per heavy atom. The molecule has 0 unspecified atom stereocenters. The van der Waals surface area contributed by atoms with Crippen molar-refractivity contribution < 1.29 is 14.3 Å². The van der Waals surface area contributed by atoms with E-state index < -0.39 is 17.8 Å². The van der Waals surface area contributed by atoms with E-state index in [1.807, 2.05) is 0 Å². The van der Waals surface area contributed by atoms with Crippen molar-refractivity contribution in [2.24, 2.45) is 11.7 Å². The van der Waals surface area contributed by atoms with E-state index in [1.54, 1.807) is 6.92 Å². The Morgan fingerprint density at radius 3 is 2.40 bits per heavy atom. The van der Waals surface area contributed by atoms with Crippen molar-refractivity contribution in [1.29, 1.82) is 0 Å². The number of hydrogen-bond acceptors (Lipinski definition) is 3. The molecular formula is C6H11NO3. The third-order valence-electron chi connectivity index (χ3n) is 1.11. The number of rotatable bonds is 3. The number of nitrogens with two attached hydrogens (primary N) is 1. The first-order chi connectivity index (χ1) is 4.57. The number of ether oxygens (including phenoxy) is 1. The summed E-state index contributed by atoms with van der Waals surface area (Å²) in [6.45, 7) is 1.59. The number of esters is 1. The molecular weight excluding hydrogens is 134 g/mol. The van der Waals surface area contributed by atoms with Gasteiger partial charge in [0.15, 0.2) is 0 Å². The standard InChI is InChI=1S/C6H11NO3/c1-4(3-5(7)8)6(9)10-2/h4H,3H2,1-2H3,(H2,7,8)/t4-/m1/s1. The second-order valence-corrected chi connectivity index (χ2v) is 2.09. The summed E-state index contributed by atoms with van der Waals surface area (Å²) in [5, 5.41) is 0. The van der Waals surface area contributed by atoms with Crippen molar-refractivity contribution in [3.63, 3.8) is 0 Å². The average molecular weight is 145 g/mol. The summed E-state index contributed by atoms with van der Waals surface area (Å²) in [6.07, 6.45) is 0.0483. The predicted octanol–water partition coefficient (Wildman–Crippen LogP) is -0.329. The summed E-state index contributed by atoms with van der Waals surface area (Å²) in [5.74, 6) is -1.32. The van der Waals surface area contributed by atoms with Gasteiger partial charge in [0.25, 0.3) is 0 Å². The van der Waals surface area contributed by atoms with Crippen LogP contribution in [0.15, 0.2) is 0 Å². The Balaban J connectivity index is 3.72. The van der Waals surface area contributed by atoms with Gasteiger partial charge in [-0.1, -0.05) is 6.92 Å². The van der Waals surface area contributed by atoms with Gasteiger partial charge in [-0.15, -0.1) is 0 Å². The lowest BCUT2D eigenvalue weighted by Gasteiger charge is -2.04. The fraction of sp³-hybridized carbons (Fsp3) is 0.667. The fourth-order valence-corrected chi connectivity index (χ4v) is 0.586. The molecule has 0 bridgehead atoms. The van der Waals surface area contributed by atoms with Gasteiger partial charge in [-0.2, -0.15) is 0 Å². The van der Waals surface area contributed by atoms with Gasteiger partial charge in [0, 0.05) is 6.42 Å². The fourth-order valence-electron chi connectivity index (χ4n) is 0.586. The monoisotopic (exact) mass is 145 g/mol. The lowest BCUT2D eigenvalue weighted by molar-refractivity contribution is -0.146. The summed E-state index contributed by atoms with van der Waals surface area (Å²) < 4.78 is 4.37. The molecule has 0 aliphatic heterocycles. The lowest BCUT2D eigenvalue weighted by Crippen LogP contribution is -2.21. The zero-order chi connectivity index (χ0) is 8.15. The maximum atomic E-state index is 10.6. The molecule has 0 aliphatic rings.